The predicted octanol–water partition coefficient (Wildman–Crippen LogP) is 3.18. The van der Waals surface area contributed by atoms with Crippen molar-refractivity contribution in [1.29, 1.82) is 0 Å². The molecule has 0 bridgehead atoms. The lowest BCUT2D eigenvalue weighted by molar-refractivity contribution is 0.220. The number of hydrogen-bond acceptors (Lipinski definition) is 4. The molecule has 1 aliphatic heterocycles. The Morgan fingerprint density at radius 1 is 1.21 bits per heavy atom. The average molecular weight is 348 g/mol. The fourth-order valence-electron chi connectivity index (χ4n) is 3.29. The first-order valence-corrected chi connectivity index (χ1v) is 9.64. The zero-order valence-electron chi connectivity index (χ0n) is 14.4. The van der Waals surface area contributed by atoms with Crippen LogP contribution in [-0.2, 0) is 16.6 Å². The normalized spacial score (nSPS) is 19.2. The van der Waals surface area contributed by atoms with Crippen LogP contribution in [0.3, 0.4) is 0 Å². The molecule has 2 heterocycles. The number of benzene rings is 1. The molecule has 1 aromatic heterocycles. The SMILES string of the molecule is Cc1ccccc1[C@H]1CCCN1Cc1ccc(S(=O)(=O)N(C)C)o1. The van der Waals surface area contributed by atoms with E-state index in [1.165, 1.54) is 29.5 Å². The van der Waals surface area contributed by atoms with Gasteiger partial charge in [0.15, 0.2) is 0 Å². The molecular formula is C18H24N2O3S. The van der Waals surface area contributed by atoms with E-state index in [0.717, 1.165) is 19.4 Å². The van der Waals surface area contributed by atoms with Gasteiger partial charge >= 0.3 is 0 Å². The van der Waals surface area contributed by atoms with Crippen LogP contribution in [0.25, 0.3) is 0 Å². The third-order valence-corrected chi connectivity index (χ3v) is 6.33. The minimum Gasteiger partial charge on any atom is -0.447 e. The Labute approximate surface area is 143 Å². The van der Waals surface area contributed by atoms with Gasteiger partial charge in [-0.2, -0.15) is 0 Å². The quantitative estimate of drug-likeness (QED) is 0.833. The molecule has 3 rings (SSSR count). The summed E-state index contributed by atoms with van der Waals surface area (Å²) in [6.07, 6.45) is 2.26. The van der Waals surface area contributed by atoms with E-state index >= 15 is 0 Å². The molecular weight excluding hydrogens is 324 g/mol. The standard InChI is InChI=1S/C18H24N2O3S/c1-14-7-4-5-8-16(14)17-9-6-12-20(17)13-15-10-11-18(23-15)24(21,22)19(2)3/h4-5,7-8,10-11,17H,6,9,12-13H2,1-3H3/t17-/m1/s1. The van der Waals surface area contributed by atoms with Crippen LogP contribution in [0.4, 0.5) is 0 Å². The van der Waals surface area contributed by atoms with Crippen molar-refractivity contribution in [1.82, 2.24) is 9.21 Å². The van der Waals surface area contributed by atoms with Crippen molar-refractivity contribution >= 4 is 10.0 Å². The van der Waals surface area contributed by atoms with Crippen LogP contribution in [0.15, 0.2) is 45.9 Å². The van der Waals surface area contributed by atoms with Gasteiger partial charge in [0.25, 0.3) is 10.0 Å². The molecule has 0 unspecified atom stereocenters. The second kappa shape index (κ2) is 6.70. The van der Waals surface area contributed by atoms with E-state index < -0.39 is 10.0 Å². The molecule has 0 spiro atoms. The maximum Gasteiger partial charge on any atom is 0.275 e. The van der Waals surface area contributed by atoms with Gasteiger partial charge in [0, 0.05) is 20.1 Å². The van der Waals surface area contributed by atoms with E-state index in [4.69, 9.17) is 4.42 Å². The van der Waals surface area contributed by atoms with Crippen molar-refractivity contribution in [3.63, 3.8) is 0 Å². The van der Waals surface area contributed by atoms with Crippen molar-refractivity contribution in [2.45, 2.75) is 37.4 Å². The largest absolute Gasteiger partial charge is 0.447 e. The lowest BCUT2D eigenvalue weighted by atomic mass is 9.99. The Bertz CT molecular complexity index is 811. The maximum atomic E-state index is 12.1. The summed E-state index contributed by atoms with van der Waals surface area (Å²) >= 11 is 0. The van der Waals surface area contributed by atoms with Gasteiger partial charge in [-0.3, -0.25) is 4.90 Å². The summed E-state index contributed by atoms with van der Waals surface area (Å²) in [5, 5.41) is 0.00846. The summed E-state index contributed by atoms with van der Waals surface area (Å²) in [7, 11) is -0.502. The summed E-state index contributed by atoms with van der Waals surface area (Å²) in [5.41, 5.74) is 2.65. The van der Waals surface area contributed by atoms with Crippen molar-refractivity contribution in [3.8, 4) is 0 Å². The van der Waals surface area contributed by atoms with Crippen molar-refractivity contribution in [2.75, 3.05) is 20.6 Å². The molecule has 0 aliphatic carbocycles. The minimum atomic E-state index is -3.51. The van der Waals surface area contributed by atoms with Gasteiger partial charge in [0.2, 0.25) is 5.09 Å². The third kappa shape index (κ3) is 3.27. The van der Waals surface area contributed by atoms with E-state index in [-0.39, 0.29) is 5.09 Å². The second-order valence-electron chi connectivity index (χ2n) is 6.49. The number of sulfonamides is 1. The molecule has 0 N–H and O–H groups in total. The van der Waals surface area contributed by atoms with Gasteiger partial charge in [-0.25, -0.2) is 12.7 Å². The third-order valence-electron chi connectivity index (χ3n) is 4.64. The molecule has 0 radical (unpaired) electrons. The summed E-state index contributed by atoms with van der Waals surface area (Å²) < 4.78 is 31.0. The Kier molecular flexibility index (Phi) is 4.80. The van der Waals surface area contributed by atoms with E-state index in [0.29, 0.717) is 18.3 Å². The predicted molar refractivity (Wildman–Crippen MR) is 93.1 cm³/mol. The smallest absolute Gasteiger partial charge is 0.275 e. The Balaban J connectivity index is 1.79. The number of rotatable bonds is 5. The van der Waals surface area contributed by atoms with Crippen molar-refractivity contribution < 1.29 is 12.8 Å². The summed E-state index contributed by atoms with van der Waals surface area (Å²) in [4.78, 5) is 2.37. The monoisotopic (exact) mass is 348 g/mol. The first-order chi connectivity index (χ1) is 11.4. The van der Waals surface area contributed by atoms with Gasteiger partial charge in [0.1, 0.15) is 5.76 Å². The molecule has 2 aromatic rings. The van der Waals surface area contributed by atoms with Gasteiger partial charge in [0.05, 0.1) is 6.54 Å². The van der Waals surface area contributed by atoms with Crippen molar-refractivity contribution in [3.05, 3.63) is 53.3 Å². The lowest BCUT2D eigenvalue weighted by Crippen LogP contribution is -2.23. The first-order valence-electron chi connectivity index (χ1n) is 8.20. The summed E-state index contributed by atoms with van der Waals surface area (Å²) in [6, 6.07) is 12.1. The fraction of sp³-hybridized carbons (Fsp3) is 0.444. The van der Waals surface area contributed by atoms with E-state index in [1.807, 2.05) is 0 Å². The fourth-order valence-corrected chi connectivity index (χ4v) is 4.10. The molecule has 0 saturated carbocycles. The molecule has 24 heavy (non-hydrogen) atoms. The highest BCUT2D eigenvalue weighted by Gasteiger charge is 2.28. The first kappa shape index (κ1) is 17.2. The van der Waals surface area contributed by atoms with Gasteiger partial charge in [-0.15, -0.1) is 0 Å². The van der Waals surface area contributed by atoms with Crippen LogP contribution in [0.2, 0.25) is 0 Å². The highest BCUT2D eigenvalue weighted by molar-refractivity contribution is 7.88. The van der Waals surface area contributed by atoms with E-state index in [9.17, 15) is 8.42 Å². The second-order valence-corrected chi connectivity index (χ2v) is 8.58. The Hall–Kier alpha value is -1.63. The van der Waals surface area contributed by atoms with Crippen LogP contribution in [0.1, 0.15) is 35.8 Å². The molecule has 5 nitrogen and oxygen atoms in total. The molecule has 6 heteroatoms. The number of aryl methyl sites for hydroxylation is 1. The Morgan fingerprint density at radius 3 is 2.67 bits per heavy atom. The van der Waals surface area contributed by atoms with Crippen LogP contribution < -0.4 is 0 Å². The number of nitrogens with zero attached hydrogens (tertiary/aromatic N) is 2. The lowest BCUT2D eigenvalue weighted by Gasteiger charge is -2.25. The van der Waals surface area contributed by atoms with E-state index in [2.05, 4.69) is 36.1 Å². The van der Waals surface area contributed by atoms with Gasteiger partial charge in [-0.1, -0.05) is 24.3 Å². The van der Waals surface area contributed by atoms with Crippen molar-refractivity contribution in [2.24, 2.45) is 0 Å². The van der Waals surface area contributed by atoms with Crippen LogP contribution in [0.5, 0.6) is 0 Å². The van der Waals surface area contributed by atoms with E-state index in [1.54, 1.807) is 12.1 Å². The zero-order chi connectivity index (χ0) is 17.3. The summed E-state index contributed by atoms with van der Waals surface area (Å²) in [5.74, 6) is 0.691. The molecule has 1 atom stereocenters. The van der Waals surface area contributed by atoms with Crippen LogP contribution >= 0.6 is 0 Å². The molecule has 0 amide bonds. The zero-order valence-corrected chi connectivity index (χ0v) is 15.2. The molecule has 1 fully saturated rings. The molecule has 1 saturated heterocycles. The van der Waals surface area contributed by atoms with Gasteiger partial charge < -0.3 is 4.42 Å². The minimum absolute atomic E-state index is 0.00846. The Morgan fingerprint density at radius 2 is 1.96 bits per heavy atom. The topological polar surface area (TPSA) is 53.8 Å². The maximum absolute atomic E-state index is 12.1. The molecule has 1 aliphatic rings. The number of likely N-dealkylation sites (tertiary alicyclic amines) is 1. The molecule has 1 aromatic carbocycles. The number of furan rings is 1. The summed E-state index contributed by atoms with van der Waals surface area (Å²) in [6.45, 7) is 3.76. The van der Waals surface area contributed by atoms with Gasteiger partial charge in [-0.05, 0) is 49.6 Å². The van der Waals surface area contributed by atoms with Crippen LogP contribution in [0, 0.1) is 6.92 Å². The van der Waals surface area contributed by atoms with Crippen LogP contribution in [-0.4, -0.2) is 38.3 Å². The highest BCUT2D eigenvalue weighted by Crippen LogP contribution is 2.35. The highest BCUT2D eigenvalue weighted by atomic mass is 32.2. The number of hydrogen-bond donors (Lipinski definition) is 0. The average Bonchev–Trinajstić information content (AvgIpc) is 3.18. The molecule has 130 valence electrons.